The minimum atomic E-state index is -1.35. The maximum absolute atomic E-state index is 3.49. The number of rotatable bonds is 2. The van der Waals surface area contributed by atoms with Gasteiger partial charge in [-0.05, 0) is 0 Å². The first-order chi connectivity index (χ1) is 7.62. The van der Waals surface area contributed by atoms with Crippen LogP contribution in [0.3, 0.4) is 0 Å². The third-order valence-corrected chi connectivity index (χ3v) is 6.32. The van der Waals surface area contributed by atoms with Gasteiger partial charge >= 0.3 is 21.7 Å². The van der Waals surface area contributed by atoms with Crippen molar-refractivity contribution in [3.63, 3.8) is 0 Å². The molecule has 2 heteroatoms. The summed E-state index contributed by atoms with van der Waals surface area (Å²) < 4.78 is 0. The van der Waals surface area contributed by atoms with Crippen LogP contribution < -0.4 is 10.4 Å². The van der Waals surface area contributed by atoms with Crippen molar-refractivity contribution in [2.24, 2.45) is 0 Å². The van der Waals surface area contributed by atoms with Crippen LogP contribution in [0.25, 0.3) is 0 Å². The molecule has 2 aromatic carbocycles. The predicted octanol–water partition coefficient (Wildman–Crippen LogP) is 3.17. The Bertz CT molecular complexity index is 335. The summed E-state index contributed by atoms with van der Waals surface area (Å²) in [6, 6.07) is 17.5. The van der Waals surface area contributed by atoms with Gasteiger partial charge in [0.2, 0.25) is 0 Å². The van der Waals surface area contributed by atoms with E-state index in [0.717, 1.165) is 6.42 Å². The standard InChI is InChI=1S/C12H14Si.C3H7.Ti/c1-13(2,11-7-3-4-8-11)12-9-5-6-10-12;1-3-2;/h3-10H,1-2H3;1,3H2,2H3;/q-2;-1;+4. The summed E-state index contributed by atoms with van der Waals surface area (Å²) in [5, 5.41) is 3.05. The Morgan fingerprint density at radius 1 is 1.24 bits per heavy atom. The van der Waals surface area contributed by atoms with E-state index in [1.54, 1.807) is 0 Å². The minimum Gasteiger partial charge on any atom is -0.344 e. The van der Waals surface area contributed by atoms with Gasteiger partial charge in [-0.15, -0.1) is 0 Å². The Labute approximate surface area is 122 Å². The maximum atomic E-state index is 3.49. The van der Waals surface area contributed by atoms with Gasteiger partial charge in [-0.25, -0.2) is 18.2 Å². The molecule has 0 saturated carbocycles. The van der Waals surface area contributed by atoms with Gasteiger partial charge < -0.3 is 6.92 Å². The van der Waals surface area contributed by atoms with E-state index in [1.807, 2.05) is 6.92 Å². The molecule has 0 N–H and O–H groups in total. The van der Waals surface area contributed by atoms with Crippen LogP contribution in [0.4, 0.5) is 0 Å². The van der Waals surface area contributed by atoms with Crippen molar-refractivity contribution in [3.05, 3.63) is 55.5 Å². The van der Waals surface area contributed by atoms with Crippen molar-refractivity contribution in [1.82, 2.24) is 0 Å². The topological polar surface area (TPSA) is 0 Å². The van der Waals surface area contributed by atoms with Gasteiger partial charge in [-0.3, -0.25) is 0 Å². The van der Waals surface area contributed by atoms with Crippen molar-refractivity contribution in [3.8, 4) is 0 Å². The van der Waals surface area contributed by atoms with Crippen LogP contribution in [0.1, 0.15) is 13.3 Å². The Balaban J connectivity index is 0.000000583. The molecule has 0 atom stereocenters. The van der Waals surface area contributed by atoms with E-state index in [-0.39, 0.29) is 21.7 Å². The first-order valence-electron chi connectivity index (χ1n) is 5.86. The molecule has 0 nitrogen and oxygen atoms in total. The van der Waals surface area contributed by atoms with Crippen LogP contribution in [0.15, 0.2) is 48.5 Å². The van der Waals surface area contributed by atoms with Gasteiger partial charge in [-0.1, -0.05) is 20.0 Å². The quantitative estimate of drug-likeness (QED) is 0.584. The molecule has 0 unspecified atom stereocenters. The Morgan fingerprint density at radius 3 is 2.29 bits per heavy atom. The molecule has 0 radical (unpaired) electrons. The van der Waals surface area contributed by atoms with Crippen LogP contribution in [0.2, 0.25) is 13.1 Å². The number of hydrogen-bond acceptors (Lipinski definition) is 0. The summed E-state index contributed by atoms with van der Waals surface area (Å²) in [4.78, 5) is 0. The van der Waals surface area contributed by atoms with Crippen LogP contribution >= 0.6 is 0 Å². The molecule has 88 valence electrons. The molecule has 0 heterocycles. The van der Waals surface area contributed by atoms with Gasteiger partial charge in [0.25, 0.3) is 0 Å². The molecule has 17 heavy (non-hydrogen) atoms. The zero-order chi connectivity index (χ0) is 12.0. The molecule has 0 aliphatic carbocycles. The minimum absolute atomic E-state index is 0. The predicted molar refractivity (Wildman–Crippen MR) is 76.5 cm³/mol. The van der Waals surface area contributed by atoms with Crippen molar-refractivity contribution in [1.29, 1.82) is 0 Å². The Hall–Kier alpha value is -0.369. The third kappa shape index (κ3) is 4.42. The van der Waals surface area contributed by atoms with Crippen molar-refractivity contribution in [2.45, 2.75) is 26.4 Å². The van der Waals surface area contributed by atoms with Crippen molar-refractivity contribution in [2.75, 3.05) is 0 Å². The van der Waals surface area contributed by atoms with Gasteiger partial charge in [0.1, 0.15) is 0 Å². The molecule has 0 bridgehead atoms. The Morgan fingerprint density at radius 2 is 1.88 bits per heavy atom. The molecule has 2 rings (SSSR count). The largest absolute Gasteiger partial charge is 4.00 e. The number of hydrogen-bond donors (Lipinski definition) is 0. The summed E-state index contributed by atoms with van der Waals surface area (Å²) >= 11 is 0. The van der Waals surface area contributed by atoms with Crippen LogP contribution in [-0.4, -0.2) is 8.07 Å². The molecule has 0 saturated heterocycles. The summed E-state index contributed by atoms with van der Waals surface area (Å²) in [6.07, 6.45) is 1.00. The molecule has 0 aliphatic heterocycles. The first-order valence-corrected chi connectivity index (χ1v) is 8.86. The van der Waals surface area contributed by atoms with E-state index in [4.69, 9.17) is 0 Å². The molecule has 0 spiro atoms. The average molecular weight is 277 g/mol. The normalized spacial score (nSPS) is 10.1. The van der Waals surface area contributed by atoms with Crippen LogP contribution in [0.5, 0.6) is 0 Å². The zero-order valence-corrected chi connectivity index (χ0v) is 13.6. The van der Waals surface area contributed by atoms with E-state index >= 15 is 0 Å². The fraction of sp³-hybridized carbons (Fsp3) is 0.267. The zero-order valence-electron chi connectivity index (χ0n) is 11.0. The van der Waals surface area contributed by atoms with Crippen LogP contribution in [0, 0.1) is 6.92 Å². The fourth-order valence-electron chi connectivity index (χ4n) is 1.75. The van der Waals surface area contributed by atoms with E-state index in [2.05, 4.69) is 68.5 Å². The summed E-state index contributed by atoms with van der Waals surface area (Å²) in [5.74, 6) is 0. The SMILES string of the molecule is C[Si](C)(c1cc[cH-]c1)c1ccc[cH-]1.[CH2-]CC.[Ti+4]. The van der Waals surface area contributed by atoms with Gasteiger partial charge in [0.05, 0.1) is 0 Å². The smallest absolute Gasteiger partial charge is 0.344 e. The summed E-state index contributed by atoms with van der Waals surface area (Å²) in [6.45, 7) is 10.3. The molecule has 0 aliphatic rings. The van der Waals surface area contributed by atoms with Crippen molar-refractivity contribution < 1.29 is 21.7 Å². The molecule has 0 aromatic heterocycles. The molecular formula is C15H21SiTi+. The van der Waals surface area contributed by atoms with Gasteiger partial charge in [0, 0.05) is 8.07 Å². The van der Waals surface area contributed by atoms with Gasteiger partial charge in [0.15, 0.2) is 0 Å². The second-order valence-corrected chi connectivity index (χ2v) is 8.88. The molecule has 2 aromatic rings. The molecular weight excluding hydrogens is 256 g/mol. The van der Waals surface area contributed by atoms with Crippen LogP contribution in [-0.2, 0) is 21.7 Å². The molecule has 0 fully saturated rings. The monoisotopic (exact) mass is 277 g/mol. The van der Waals surface area contributed by atoms with E-state index in [0.29, 0.717) is 0 Å². The second kappa shape index (κ2) is 7.86. The maximum Gasteiger partial charge on any atom is 4.00 e. The third-order valence-electron chi connectivity index (χ3n) is 2.77. The molecule has 0 amide bonds. The van der Waals surface area contributed by atoms with E-state index in [1.165, 1.54) is 10.4 Å². The van der Waals surface area contributed by atoms with E-state index in [9.17, 15) is 0 Å². The summed E-state index contributed by atoms with van der Waals surface area (Å²) in [5.41, 5.74) is 0. The second-order valence-electron chi connectivity index (χ2n) is 4.47. The Kier molecular flexibility index (Phi) is 7.69. The van der Waals surface area contributed by atoms with Gasteiger partial charge in [-0.2, -0.15) is 47.1 Å². The fourth-order valence-corrected chi connectivity index (χ4v) is 4.13. The first kappa shape index (κ1) is 16.6. The van der Waals surface area contributed by atoms with E-state index < -0.39 is 8.07 Å². The average Bonchev–Trinajstić information content (AvgIpc) is 2.93. The summed E-state index contributed by atoms with van der Waals surface area (Å²) in [7, 11) is -1.35. The van der Waals surface area contributed by atoms with Crippen molar-refractivity contribution >= 4 is 18.4 Å².